The third-order valence-corrected chi connectivity index (χ3v) is 11.3. The number of hydrogen-bond donors (Lipinski definition) is 4. The molecule has 1 rings (SSSR count). The van der Waals surface area contributed by atoms with E-state index >= 15 is 0 Å². The molecule has 0 saturated heterocycles. The van der Waals surface area contributed by atoms with Crippen molar-refractivity contribution in [2.24, 2.45) is 11.7 Å². The van der Waals surface area contributed by atoms with Gasteiger partial charge in [-0.2, -0.15) is 0 Å². The highest BCUT2D eigenvalue weighted by Gasteiger charge is 2.28. The molecule has 80 heavy (non-hydrogen) atoms. The number of primary amides is 1. The van der Waals surface area contributed by atoms with Crippen molar-refractivity contribution in [3.05, 3.63) is 29.3 Å². The number of aryl methyl sites for hydroxylation is 1. The molecule has 2 unspecified atom stereocenters. The van der Waals surface area contributed by atoms with Gasteiger partial charge in [-0.15, -0.1) is 0 Å². The molecule has 0 heterocycles. The Balaban J connectivity index is 2.41. The summed E-state index contributed by atoms with van der Waals surface area (Å²) in [6.45, 7) is 22.2. The molecule has 1 aromatic rings. The minimum Gasteiger partial charge on any atom is -0.436 e. The number of methoxy groups -OCH3 is 2. The summed E-state index contributed by atoms with van der Waals surface area (Å²) in [6.07, 6.45) is 0.853. The van der Waals surface area contributed by atoms with E-state index in [0.717, 1.165) is 50.0 Å². The topological polar surface area (TPSA) is 282 Å². The van der Waals surface area contributed by atoms with Crippen LogP contribution in [0.4, 0.5) is 10.5 Å². The summed E-state index contributed by atoms with van der Waals surface area (Å²) in [5.41, 5.74) is 7.31. The van der Waals surface area contributed by atoms with Crippen molar-refractivity contribution < 1.29 is 100 Å². The zero-order valence-electron chi connectivity index (χ0n) is 49.0. The first-order valence-electron chi connectivity index (χ1n) is 28.2. The van der Waals surface area contributed by atoms with Crippen molar-refractivity contribution in [3.8, 4) is 0 Å². The molecule has 0 radical (unpaired) electrons. The molecule has 468 valence electrons. The summed E-state index contributed by atoms with van der Waals surface area (Å²) in [5.74, 6) is -1.45. The molecule has 0 bridgehead atoms. The molecule has 25 heteroatoms. The van der Waals surface area contributed by atoms with E-state index in [4.69, 9.17) is 86.3 Å². The van der Waals surface area contributed by atoms with Crippen molar-refractivity contribution in [1.29, 1.82) is 0 Å². The average molecular weight is 1160 g/mol. The van der Waals surface area contributed by atoms with Crippen LogP contribution < -0.4 is 16.4 Å². The van der Waals surface area contributed by atoms with Crippen molar-refractivity contribution in [2.45, 2.75) is 65.2 Å². The number of hydrogen-bond acceptors (Lipinski definition) is 22. The van der Waals surface area contributed by atoms with Crippen LogP contribution in [-0.2, 0) is 103 Å². The Morgan fingerprint density at radius 1 is 0.463 bits per heavy atom. The number of aliphatic hydroxyl groups excluding tert-OH is 1. The number of amides is 3. The number of rotatable bonds is 61. The number of ether oxygens (including phenoxy) is 17. The molecular formula is C55H102N4O21. The number of nitrogens with one attached hydrogen (secondary N) is 2. The van der Waals surface area contributed by atoms with Gasteiger partial charge in [0.1, 0.15) is 6.04 Å². The summed E-state index contributed by atoms with van der Waals surface area (Å²) in [5, 5.41) is 15.6. The first-order valence-corrected chi connectivity index (χ1v) is 28.2. The summed E-state index contributed by atoms with van der Waals surface area (Å²) in [6, 6.07) is 4.39. The Hall–Kier alpha value is -3.29. The molecule has 1 aromatic carbocycles. The number of carbonyl (C=O) groups is 3. The Kier molecular flexibility index (Phi) is 52.5. The van der Waals surface area contributed by atoms with Gasteiger partial charge in [0.25, 0.3) is 5.91 Å². The fraction of sp³-hybridized carbons (Fsp3) is 0.836. The highest BCUT2D eigenvalue weighted by molar-refractivity contribution is 5.97. The van der Waals surface area contributed by atoms with Crippen molar-refractivity contribution >= 4 is 23.6 Å². The van der Waals surface area contributed by atoms with E-state index in [1.54, 1.807) is 40.2 Å². The van der Waals surface area contributed by atoms with Gasteiger partial charge in [0.15, 0.2) is 6.10 Å². The first kappa shape index (κ1) is 74.7. The van der Waals surface area contributed by atoms with Crippen LogP contribution in [0, 0.1) is 5.92 Å². The molecule has 2 atom stereocenters. The van der Waals surface area contributed by atoms with E-state index in [-0.39, 0.29) is 12.5 Å². The predicted molar refractivity (Wildman–Crippen MR) is 297 cm³/mol. The zero-order chi connectivity index (χ0) is 58.2. The van der Waals surface area contributed by atoms with Crippen molar-refractivity contribution in [2.75, 3.05) is 237 Å². The second-order valence-electron chi connectivity index (χ2n) is 18.2. The second kappa shape index (κ2) is 56.2. The Labute approximate surface area is 476 Å². The van der Waals surface area contributed by atoms with Crippen LogP contribution in [0.3, 0.4) is 0 Å². The van der Waals surface area contributed by atoms with Gasteiger partial charge in [0, 0.05) is 46.2 Å². The molecule has 0 saturated carbocycles. The smallest absolute Gasteiger partial charge is 0.405 e. The van der Waals surface area contributed by atoms with Gasteiger partial charge in [0.05, 0.1) is 192 Å². The Morgan fingerprint density at radius 3 is 1.10 bits per heavy atom. The minimum atomic E-state index is -1.14. The van der Waals surface area contributed by atoms with Crippen LogP contribution in [0.5, 0.6) is 0 Å². The van der Waals surface area contributed by atoms with Gasteiger partial charge in [-0.3, -0.25) is 9.59 Å². The summed E-state index contributed by atoms with van der Waals surface area (Å²) >= 11 is 0. The number of benzene rings is 1. The third kappa shape index (κ3) is 46.2. The third-order valence-electron chi connectivity index (χ3n) is 11.3. The standard InChI is InChI=1S/C55H102N4O21/c1-47(2)52(80-55(56)63)54(62)57-48(3)53(61)58-51-11-10-50(46-60)49(45-51)9-6-12-59(13-7-15-66-21-23-70-29-31-74-37-39-78-43-41-76-35-33-72-27-25-68-19-17-64-4)14-8-16-67-22-24-71-30-32-75-38-40-79-44-42-77-36-34-73-28-26-69-20-18-65-5/h10-11,45,47-48,52,60H,6-9,12-44,46H2,1-5H3,(H2,56,63)(H,57,62)(H,58,61). The molecule has 0 aliphatic carbocycles. The van der Waals surface area contributed by atoms with E-state index in [0.29, 0.717) is 210 Å². The highest BCUT2D eigenvalue weighted by Crippen LogP contribution is 2.19. The number of nitrogens with zero attached hydrogens (tertiary/aromatic N) is 1. The minimum absolute atomic E-state index is 0.160. The number of anilines is 1. The van der Waals surface area contributed by atoms with Gasteiger partial charge in [-0.25, -0.2) is 4.79 Å². The van der Waals surface area contributed by atoms with Gasteiger partial charge >= 0.3 is 6.09 Å². The van der Waals surface area contributed by atoms with Crippen LogP contribution in [-0.4, -0.2) is 272 Å². The lowest BCUT2D eigenvalue weighted by Crippen LogP contribution is -2.49. The molecule has 3 amide bonds. The fourth-order valence-corrected chi connectivity index (χ4v) is 7.06. The van der Waals surface area contributed by atoms with E-state index in [2.05, 4.69) is 15.5 Å². The maximum absolute atomic E-state index is 13.1. The average Bonchev–Trinajstić information content (AvgIpc) is 3.44. The van der Waals surface area contributed by atoms with E-state index in [1.807, 2.05) is 6.07 Å². The molecule has 5 N–H and O–H groups in total. The van der Waals surface area contributed by atoms with Crippen LogP contribution in [0.15, 0.2) is 18.2 Å². The fourth-order valence-electron chi connectivity index (χ4n) is 7.06. The lowest BCUT2D eigenvalue weighted by atomic mass is 10.0. The lowest BCUT2D eigenvalue weighted by molar-refractivity contribution is -0.134. The summed E-state index contributed by atoms with van der Waals surface area (Å²) in [7, 11) is 3.27. The molecule has 25 nitrogen and oxygen atoms in total. The Bertz CT molecular complexity index is 1520. The van der Waals surface area contributed by atoms with Gasteiger partial charge in [-0.1, -0.05) is 19.9 Å². The summed E-state index contributed by atoms with van der Waals surface area (Å²) in [4.78, 5) is 39.6. The van der Waals surface area contributed by atoms with Gasteiger partial charge in [0.2, 0.25) is 5.91 Å². The van der Waals surface area contributed by atoms with E-state index in [1.165, 1.54) is 6.92 Å². The van der Waals surface area contributed by atoms with E-state index in [9.17, 15) is 19.5 Å². The van der Waals surface area contributed by atoms with Crippen molar-refractivity contribution in [1.82, 2.24) is 10.2 Å². The Morgan fingerprint density at radius 2 is 0.787 bits per heavy atom. The number of carbonyl (C=O) groups excluding carboxylic acids is 3. The van der Waals surface area contributed by atoms with Crippen LogP contribution in [0.1, 0.15) is 51.2 Å². The van der Waals surface area contributed by atoms with Gasteiger partial charge in [-0.05, 0) is 68.3 Å². The maximum Gasteiger partial charge on any atom is 0.405 e. The second-order valence-corrected chi connectivity index (χ2v) is 18.2. The highest BCUT2D eigenvalue weighted by atomic mass is 16.6. The van der Waals surface area contributed by atoms with Crippen molar-refractivity contribution in [3.63, 3.8) is 0 Å². The summed E-state index contributed by atoms with van der Waals surface area (Å²) < 4.78 is 92.7. The first-order chi connectivity index (χ1) is 39.1. The van der Waals surface area contributed by atoms with E-state index < -0.39 is 30.1 Å². The molecule has 0 aliphatic heterocycles. The maximum atomic E-state index is 13.1. The zero-order valence-corrected chi connectivity index (χ0v) is 49.0. The van der Waals surface area contributed by atoms with Crippen LogP contribution in [0.25, 0.3) is 0 Å². The van der Waals surface area contributed by atoms with Gasteiger partial charge < -0.3 is 107 Å². The quantitative estimate of drug-likeness (QED) is 0.0681. The number of nitrogens with two attached hydrogens (primary N) is 1. The number of aliphatic hydroxyl groups is 1. The van der Waals surface area contributed by atoms with Crippen LogP contribution in [0.2, 0.25) is 0 Å². The predicted octanol–water partition coefficient (Wildman–Crippen LogP) is 2.28. The molecule has 0 aliphatic rings. The molecule has 0 spiro atoms. The molecular weight excluding hydrogens is 1050 g/mol. The monoisotopic (exact) mass is 1150 g/mol. The lowest BCUT2D eigenvalue weighted by Gasteiger charge is -2.23. The van der Waals surface area contributed by atoms with Crippen LogP contribution >= 0.6 is 0 Å². The largest absolute Gasteiger partial charge is 0.436 e. The SMILES string of the molecule is COCCOCCOCCOCCOCCOCCOCCOCCCN(CCCOCCOCCOCCOCCOCCOCCOCCOC)CCCc1cc(NC(=O)C(C)NC(=O)C(OC(N)=O)C(C)C)ccc1CO. The molecule has 0 aromatic heterocycles. The molecule has 0 fully saturated rings. The normalized spacial score (nSPS) is 12.4.